The zero-order valence-electron chi connectivity index (χ0n) is 9.47. The van der Waals surface area contributed by atoms with Crippen LogP contribution in [0.3, 0.4) is 0 Å². The molecule has 0 spiro atoms. The summed E-state index contributed by atoms with van der Waals surface area (Å²) in [6.45, 7) is 0. The Balaban J connectivity index is 0.000000138. The molecule has 3 aromatic rings. The highest BCUT2D eigenvalue weighted by Gasteiger charge is 1.94. The van der Waals surface area contributed by atoms with Crippen molar-refractivity contribution < 1.29 is 10.2 Å². The van der Waals surface area contributed by atoms with Gasteiger partial charge in [-0.1, -0.05) is 41.9 Å². The van der Waals surface area contributed by atoms with Crippen molar-refractivity contribution in [2.75, 3.05) is 0 Å². The quantitative estimate of drug-likeness (QED) is 0.574. The maximum absolute atomic E-state index is 9.00. The second kappa shape index (κ2) is 5.47. The summed E-state index contributed by atoms with van der Waals surface area (Å²) in [5.41, 5.74) is 0.972. The van der Waals surface area contributed by atoms with Crippen molar-refractivity contribution in [1.82, 2.24) is 4.98 Å². The maximum atomic E-state index is 9.00. The van der Waals surface area contributed by atoms with Crippen LogP contribution in [0.4, 0.5) is 0 Å². The fraction of sp³-hybridized carbons (Fsp3) is 0. The molecule has 0 aliphatic carbocycles. The Morgan fingerprint density at radius 3 is 2.17 bits per heavy atom. The summed E-state index contributed by atoms with van der Waals surface area (Å²) in [5.74, 6) is 0.357. The number of nitrogens with one attached hydrogen (secondary N) is 1. The van der Waals surface area contributed by atoms with Crippen molar-refractivity contribution in [3.05, 3.63) is 59.6 Å². The first kappa shape index (κ1) is 12.3. The number of benzene rings is 2. The third kappa shape index (κ3) is 2.96. The number of hydrogen-bond donors (Lipinski definition) is 3. The van der Waals surface area contributed by atoms with E-state index in [1.165, 1.54) is 0 Å². The minimum atomic E-state index is 0.133. The summed E-state index contributed by atoms with van der Waals surface area (Å²) in [6, 6.07) is 16.1. The zero-order valence-corrected chi connectivity index (χ0v) is 10.2. The van der Waals surface area contributed by atoms with E-state index in [0.717, 1.165) is 10.9 Å². The predicted octanol–water partition coefficient (Wildman–Crippen LogP) is 3.92. The molecule has 0 amide bonds. The lowest BCUT2D eigenvalue weighted by molar-refractivity contribution is 0.458. The van der Waals surface area contributed by atoms with E-state index in [2.05, 4.69) is 4.98 Å². The van der Waals surface area contributed by atoms with E-state index < -0.39 is 0 Å². The lowest BCUT2D eigenvalue weighted by atomic mass is 10.3. The number of para-hydroxylation sites is 2. The number of aromatic hydroxyl groups is 2. The Morgan fingerprint density at radius 2 is 1.56 bits per heavy atom. The summed E-state index contributed by atoms with van der Waals surface area (Å²) in [6.07, 6.45) is 0. The van der Waals surface area contributed by atoms with Crippen LogP contribution in [-0.4, -0.2) is 15.2 Å². The number of rotatable bonds is 0. The molecule has 0 bridgehead atoms. The predicted molar refractivity (Wildman–Crippen MR) is 73.1 cm³/mol. The molecule has 0 fully saturated rings. The second-order valence-corrected chi connectivity index (χ2v) is 4.10. The van der Waals surface area contributed by atoms with Gasteiger partial charge in [0.15, 0.2) is 5.88 Å². The lowest BCUT2D eigenvalue weighted by Crippen LogP contribution is -1.62. The lowest BCUT2D eigenvalue weighted by Gasteiger charge is -1.89. The van der Waals surface area contributed by atoms with E-state index in [1.807, 2.05) is 24.3 Å². The van der Waals surface area contributed by atoms with Gasteiger partial charge < -0.3 is 15.2 Å². The van der Waals surface area contributed by atoms with Crippen molar-refractivity contribution in [1.29, 1.82) is 0 Å². The van der Waals surface area contributed by atoms with Crippen LogP contribution in [0.1, 0.15) is 0 Å². The third-order valence-electron chi connectivity index (χ3n) is 2.37. The van der Waals surface area contributed by atoms with Gasteiger partial charge in [0, 0.05) is 17.0 Å². The third-order valence-corrected chi connectivity index (χ3v) is 2.69. The Labute approximate surface area is 109 Å². The molecule has 3 nitrogen and oxygen atoms in total. The van der Waals surface area contributed by atoms with Gasteiger partial charge >= 0.3 is 0 Å². The molecule has 18 heavy (non-hydrogen) atoms. The molecule has 4 heteroatoms. The van der Waals surface area contributed by atoms with Crippen molar-refractivity contribution in [3.63, 3.8) is 0 Å². The van der Waals surface area contributed by atoms with Gasteiger partial charge in [0.2, 0.25) is 0 Å². The molecular weight excluding hydrogens is 250 g/mol. The summed E-state index contributed by atoms with van der Waals surface area (Å²) in [5, 5.41) is 19.2. The molecule has 0 atom stereocenters. The van der Waals surface area contributed by atoms with Gasteiger partial charge in [0.05, 0.1) is 5.02 Å². The number of aromatic nitrogens is 1. The molecule has 0 aliphatic heterocycles. The van der Waals surface area contributed by atoms with Crippen molar-refractivity contribution >= 4 is 22.5 Å². The van der Waals surface area contributed by atoms with Gasteiger partial charge in [0.1, 0.15) is 5.75 Å². The molecule has 3 N–H and O–H groups in total. The van der Waals surface area contributed by atoms with Crippen molar-refractivity contribution in [3.8, 4) is 11.6 Å². The number of H-pyrrole nitrogens is 1. The van der Waals surface area contributed by atoms with E-state index in [4.69, 9.17) is 21.8 Å². The van der Waals surface area contributed by atoms with E-state index >= 15 is 0 Å². The Hall–Kier alpha value is -2.13. The molecule has 2 aromatic carbocycles. The highest BCUT2D eigenvalue weighted by atomic mass is 35.5. The average Bonchev–Trinajstić information content (AvgIpc) is 2.74. The summed E-state index contributed by atoms with van der Waals surface area (Å²) in [4.78, 5) is 2.81. The molecule has 1 heterocycles. The number of aromatic amines is 1. The van der Waals surface area contributed by atoms with Crippen LogP contribution in [0.25, 0.3) is 10.9 Å². The molecule has 92 valence electrons. The molecule has 1 aromatic heterocycles. The van der Waals surface area contributed by atoms with E-state index in [0.29, 0.717) is 5.02 Å². The first-order valence-electron chi connectivity index (χ1n) is 5.37. The molecular formula is C14H12ClNO2. The van der Waals surface area contributed by atoms with Gasteiger partial charge in [0.25, 0.3) is 0 Å². The highest BCUT2D eigenvalue weighted by Crippen LogP contribution is 2.20. The SMILES string of the molecule is Oc1cc2ccccc2[nH]1.Oc1ccccc1Cl. The minimum Gasteiger partial charge on any atom is -0.506 e. The standard InChI is InChI=1S/C8H7NO.C6H5ClO/c10-8-5-6-3-1-2-4-7(6)9-8;7-5-3-1-2-4-6(5)8/h1-5,9-10H;1-4,8H. The van der Waals surface area contributed by atoms with Crippen molar-refractivity contribution in [2.45, 2.75) is 0 Å². The average molecular weight is 262 g/mol. The molecule has 3 rings (SSSR count). The number of phenols is 1. The van der Waals surface area contributed by atoms with Crippen LogP contribution >= 0.6 is 11.6 Å². The largest absolute Gasteiger partial charge is 0.506 e. The van der Waals surface area contributed by atoms with E-state index in [1.54, 1.807) is 30.3 Å². The van der Waals surface area contributed by atoms with Gasteiger partial charge in [-0.05, 0) is 18.2 Å². The van der Waals surface area contributed by atoms with Crippen LogP contribution in [0.15, 0.2) is 54.6 Å². The van der Waals surface area contributed by atoms with Crippen LogP contribution in [0, 0.1) is 0 Å². The number of halogens is 1. The maximum Gasteiger partial charge on any atom is 0.189 e. The topological polar surface area (TPSA) is 56.2 Å². The minimum absolute atomic E-state index is 0.133. The van der Waals surface area contributed by atoms with Crippen LogP contribution in [0.2, 0.25) is 5.02 Å². The molecule has 0 aliphatic rings. The van der Waals surface area contributed by atoms with Crippen LogP contribution in [0.5, 0.6) is 11.6 Å². The van der Waals surface area contributed by atoms with Gasteiger partial charge in [-0.2, -0.15) is 0 Å². The second-order valence-electron chi connectivity index (χ2n) is 3.69. The molecule has 0 unspecified atom stereocenters. The summed E-state index contributed by atoms with van der Waals surface area (Å²) >= 11 is 5.46. The Morgan fingerprint density at radius 1 is 0.889 bits per heavy atom. The van der Waals surface area contributed by atoms with E-state index in [-0.39, 0.29) is 11.6 Å². The van der Waals surface area contributed by atoms with Crippen LogP contribution in [-0.2, 0) is 0 Å². The van der Waals surface area contributed by atoms with Crippen LogP contribution < -0.4 is 0 Å². The molecule has 0 radical (unpaired) electrons. The number of phenolic OH excluding ortho intramolecular Hbond substituents is 1. The molecule has 0 saturated carbocycles. The molecule has 0 saturated heterocycles. The highest BCUT2D eigenvalue weighted by molar-refractivity contribution is 6.31. The fourth-order valence-corrected chi connectivity index (χ4v) is 1.65. The first-order chi connectivity index (χ1) is 8.66. The zero-order chi connectivity index (χ0) is 13.0. The number of fused-ring (bicyclic) bond motifs is 1. The van der Waals surface area contributed by atoms with Gasteiger partial charge in [-0.25, -0.2) is 0 Å². The first-order valence-corrected chi connectivity index (χ1v) is 5.75. The smallest absolute Gasteiger partial charge is 0.189 e. The van der Waals surface area contributed by atoms with E-state index in [9.17, 15) is 0 Å². The summed E-state index contributed by atoms with van der Waals surface area (Å²) < 4.78 is 0. The monoisotopic (exact) mass is 261 g/mol. The Bertz CT molecular complexity index is 595. The summed E-state index contributed by atoms with van der Waals surface area (Å²) in [7, 11) is 0. The van der Waals surface area contributed by atoms with Crippen molar-refractivity contribution in [2.24, 2.45) is 0 Å². The number of hydrogen-bond acceptors (Lipinski definition) is 2. The Kier molecular flexibility index (Phi) is 3.75. The van der Waals surface area contributed by atoms with Gasteiger partial charge in [-0.15, -0.1) is 0 Å². The normalized spacial score (nSPS) is 9.83. The van der Waals surface area contributed by atoms with Gasteiger partial charge in [-0.3, -0.25) is 0 Å². The fourth-order valence-electron chi connectivity index (χ4n) is 1.51.